The Hall–Kier alpha value is -0.200. The summed E-state index contributed by atoms with van der Waals surface area (Å²) in [6.45, 7) is 13.1. The number of fused-ring (bicyclic) bond motifs is 5. The van der Waals surface area contributed by atoms with Gasteiger partial charge in [-0.1, -0.05) is 48.0 Å². The molecule has 34 heavy (non-hydrogen) atoms. The number of aliphatic hydroxyl groups excluding tert-OH is 4. The number of hydrogen-bond acceptors (Lipinski definition) is 5. The van der Waals surface area contributed by atoms with Crippen LogP contribution in [-0.4, -0.2) is 55.5 Å². The number of aliphatic hydroxyl groups is 5. The predicted octanol–water partition coefficient (Wildman–Crippen LogP) is 4.13. The summed E-state index contributed by atoms with van der Waals surface area (Å²) in [5, 5.41) is 55.5. The first kappa shape index (κ1) is 26.9. The van der Waals surface area contributed by atoms with Crippen molar-refractivity contribution >= 4 is 0 Å². The van der Waals surface area contributed by atoms with Gasteiger partial charge in [0.25, 0.3) is 0 Å². The van der Waals surface area contributed by atoms with Crippen molar-refractivity contribution in [2.24, 2.45) is 52.3 Å². The van der Waals surface area contributed by atoms with Crippen LogP contribution in [0.2, 0.25) is 0 Å². The van der Waals surface area contributed by atoms with Gasteiger partial charge in [-0.2, -0.15) is 0 Å². The first-order chi connectivity index (χ1) is 15.8. The van der Waals surface area contributed by atoms with Crippen molar-refractivity contribution < 1.29 is 25.5 Å². The summed E-state index contributed by atoms with van der Waals surface area (Å²) in [6.07, 6.45) is 4.76. The summed E-state index contributed by atoms with van der Waals surface area (Å²) in [7, 11) is 0. The van der Waals surface area contributed by atoms with Gasteiger partial charge < -0.3 is 25.5 Å². The fraction of sp³-hybridized carbons (Fsp3) is 1.00. The van der Waals surface area contributed by atoms with E-state index in [-0.39, 0.29) is 29.1 Å². The molecule has 0 spiro atoms. The van der Waals surface area contributed by atoms with Crippen LogP contribution in [0.1, 0.15) is 99.3 Å². The van der Waals surface area contributed by atoms with E-state index in [2.05, 4.69) is 41.5 Å². The Morgan fingerprint density at radius 3 is 2.18 bits per heavy atom. The predicted molar refractivity (Wildman–Crippen MR) is 134 cm³/mol. The Morgan fingerprint density at radius 1 is 0.882 bits per heavy atom. The average Bonchev–Trinajstić information content (AvgIpc) is 3.12. The molecule has 0 aromatic carbocycles. The molecular weight excluding hydrogens is 428 g/mol. The molecule has 0 saturated heterocycles. The van der Waals surface area contributed by atoms with E-state index < -0.39 is 30.0 Å². The zero-order chi connectivity index (χ0) is 25.2. The van der Waals surface area contributed by atoms with Crippen molar-refractivity contribution in [1.29, 1.82) is 0 Å². The summed E-state index contributed by atoms with van der Waals surface area (Å²) >= 11 is 0. The lowest BCUT2D eigenvalue weighted by Gasteiger charge is -2.65. The minimum atomic E-state index is -1.20. The number of rotatable bonds is 6. The van der Waals surface area contributed by atoms with Crippen molar-refractivity contribution in [2.45, 2.75) is 129 Å². The Labute approximate surface area is 207 Å². The molecule has 0 radical (unpaired) electrons. The molecule has 0 heterocycles. The minimum Gasteiger partial charge on any atom is -0.393 e. The molecule has 0 bridgehead atoms. The van der Waals surface area contributed by atoms with Gasteiger partial charge in [0.2, 0.25) is 0 Å². The summed E-state index contributed by atoms with van der Waals surface area (Å²) in [6, 6.07) is 0. The van der Waals surface area contributed by atoms with Gasteiger partial charge in [-0.25, -0.2) is 0 Å². The van der Waals surface area contributed by atoms with Crippen molar-refractivity contribution in [1.82, 2.24) is 0 Å². The van der Waals surface area contributed by atoms with Gasteiger partial charge in [0, 0.05) is 11.8 Å². The Balaban J connectivity index is 1.56. The zero-order valence-electron chi connectivity index (χ0n) is 22.5. The van der Waals surface area contributed by atoms with E-state index in [4.69, 9.17) is 0 Å². The second-order valence-corrected chi connectivity index (χ2v) is 13.8. The van der Waals surface area contributed by atoms with Crippen molar-refractivity contribution in [3.8, 4) is 0 Å². The molecule has 0 amide bonds. The summed E-state index contributed by atoms with van der Waals surface area (Å²) < 4.78 is 0. The van der Waals surface area contributed by atoms with Crippen LogP contribution >= 0.6 is 0 Å². The monoisotopic (exact) mass is 480 g/mol. The SMILES string of the molecule is CC[C@@H](C(C)C)[C@@H](O)[C@H](O)[C@@H](C)[C@H]1CC[C@H]2[C@@H]3C[C@@H](O)[C@@]4(O)C[C@@H](O)CC[C@]4(C)[C@H]3CC[C@]12C. The van der Waals surface area contributed by atoms with E-state index in [9.17, 15) is 25.5 Å². The zero-order valence-corrected chi connectivity index (χ0v) is 22.5. The number of hydrogen-bond donors (Lipinski definition) is 5. The van der Waals surface area contributed by atoms with E-state index >= 15 is 0 Å². The standard InChI is InChI=1S/C29H52O5/c1-7-19(16(2)3)26(33)25(32)17(4)21-8-9-22-20-14-24(31)29(34)15-18(30)10-13-28(29,6)23(20)11-12-27(21,22)5/h16-26,30-34H,7-15H2,1-6H3/t17-,18-,19-,20-,21+,22-,23-,24+,25+,26+,27+,28+,29-/m0/s1. The third-order valence-corrected chi connectivity index (χ3v) is 12.2. The Kier molecular flexibility index (Phi) is 7.33. The third-order valence-electron chi connectivity index (χ3n) is 12.2. The van der Waals surface area contributed by atoms with Crippen molar-refractivity contribution in [3.05, 3.63) is 0 Å². The van der Waals surface area contributed by atoms with Gasteiger partial charge in [0.15, 0.2) is 0 Å². The Bertz CT molecular complexity index is 727. The fourth-order valence-corrected chi connectivity index (χ4v) is 10.1. The maximum absolute atomic E-state index is 11.7. The topological polar surface area (TPSA) is 101 Å². The van der Waals surface area contributed by atoms with E-state index in [0.717, 1.165) is 38.5 Å². The summed E-state index contributed by atoms with van der Waals surface area (Å²) in [5.41, 5.74) is -1.47. The highest BCUT2D eigenvalue weighted by atomic mass is 16.3. The molecule has 13 atom stereocenters. The quantitative estimate of drug-likeness (QED) is 0.393. The van der Waals surface area contributed by atoms with Crippen LogP contribution in [0.3, 0.4) is 0 Å². The highest BCUT2D eigenvalue weighted by Crippen LogP contribution is 2.69. The maximum atomic E-state index is 11.7. The molecule has 0 aromatic rings. The smallest absolute Gasteiger partial charge is 0.0985 e. The van der Waals surface area contributed by atoms with Gasteiger partial charge in [-0.15, -0.1) is 0 Å². The highest BCUT2D eigenvalue weighted by Gasteiger charge is 2.67. The molecule has 0 aromatic heterocycles. The van der Waals surface area contributed by atoms with Gasteiger partial charge in [-0.3, -0.25) is 0 Å². The first-order valence-corrected chi connectivity index (χ1v) is 14.3. The molecule has 198 valence electrons. The van der Waals surface area contributed by atoms with Crippen LogP contribution in [0.4, 0.5) is 0 Å². The lowest BCUT2D eigenvalue weighted by Crippen LogP contribution is -2.68. The van der Waals surface area contributed by atoms with Crippen molar-refractivity contribution in [3.63, 3.8) is 0 Å². The van der Waals surface area contributed by atoms with Gasteiger partial charge in [0.05, 0.1) is 30.0 Å². The van der Waals surface area contributed by atoms with Crippen LogP contribution in [-0.2, 0) is 0 Å². The van der Waals surface area contributed by atoms with E-state index in [0.29, 0.717) is 42.4 Å². The van der Waals surface area contributed by atoms with E-state index in [1.165, 1.54) is 0 Å². The van der Waals surface area contributed by atoms with Gasteiger partial charge >= 0.3 is 0 Å². The van der Waals surface area contributed by atoms with Crippen LogP contribution in [0, 0.1) is 52.3 Å². The molecule has 5 N–H and O–H groups in total. The molecule has 0 unspecified atom stereocenters. The van der Waals surface area contributed by atoms with E-state index in [1.54, 1.807) is 0 Å². The summed E-state index contributed by atoms with van der Waals surface area (Å²) in [5.74, 6) is 2.02. The minimum absolute atomic E-state index is 0.0280. The maximum Gasteiger partial charge on any atom is 0.0985 e. The highest BCUT2D eigenvalue weighted by molar-refractivity contribution is 5.17. The second-order valence-electron chi connectivity index (χ2n) is 13.8. The van der Waals surface area contributed by atoms with Crippen LogP contribution in [0.15, 0.2) is 0 Å². The second kappa shape index (κ2) is 9.28. The molecule has 4 fully saturated rings. The molecule has 4 rings (SSSR count). The van der Waals surface area contributed by atoms with Gasteiger partial charge in [-0.05, 0) is 91.8 Å². The van der Waals surface area contributed by atoms with Crippen LogP contribution in [0.25, 0.3) is 0 Å². The van der Waals surface area contributed by atoms with E-state index in [1.807, 2.05) is 0 Å². The van der Waals surface area contributed by atoms with Crippen LogP contribution in [0.5, 0.6) is 0 Å². The van der Waals surface area contributed by atoms with Gasteiger partial charge in [0.1, 0.15) is 0 Å². The van der Waals surface area contributed by atoms with Crippen molar-refractivity contribution in [2.75, 3.05) is 0 Å². The third kappa shape index (κ3) is 3.83. The molecule has 4 aliphatic carbocycles. The molecule has 4 aliphatic rings. The molecular formula is C29H52O5. The first-order valence-electron chi connectivity index (χ1n) is 14.3. The fourth-order valence-electron chi connectivity index (χ4n) is 10.1. The lowest BCUT2D eigenvalue weighted by atomic mass is 9.42. The molecule has 5 heteroatoms. The Morgan fingerprint density at radius 2 is 1.56 bits per heavy atom. The normalized spacial score (nSPS) is 50.1. The molecule has 0 aliphatic heterocycles. The molecule has 4 saturated carbocycles. The largest absolute Gasteiger partial charge is 0.393 e. The lowest BCUT2D eigenvalue weighted by molar-refractivity contribution is -0.265. The summed E-state index contributed by atoms with van der Waals surface area (Å²) in [4.78, 5) is 0. The van der Waals surface area contributed by atoms with Crippen LogP contribution < -0.4 is 0 Å². The molecule has 5 nitrogen and oxygen atoms in total. The average molecular weight is 481 g/mol.